The number of Topliss-reactive ketones (excluding diaryl/α,β-unsaturated/α-hetero) is 1. The zero-order valence-electron chi connectivity index (χ0n) is 13.8. The second-order valence-electron chi connectivity index (χ2n) is 6.78. The molecule has 1 aliphatic heterocycles. The number of ketones is 1. The van der Waals surface area contributed by atoms with Crippen molar-refractivity contribution in [1.82, 2.24) is 10.3 Å². The number of nitrogens with one attached hydrogen (secondary N) is 1. The molecule has 1 fully saturated rings. The van der Waals surface area contributed by atoms with Crippen molar-refractivity contribution in [3.8, 4) is 10.6 Å². The lowest BCUT2D eigenvalue weighted by atomic mass is 9.83. The summed E-state index contributed by atoms with van der Waals surface area (Å²) < 4.78 is 0. The Bertz CT molecular complexity index is 755. The van der Waals surface area contributed by atoms with Crippen molar-refractivity contribution in [2.24, 2.45) is 0 Å². The van der Waals surface area contributed by atoms with E-state index in [9.17, 15) is 9.59 Å². The fourth-order valence-corrected chi connectivity index (χ4v) is 3.86. The van der Waals surface area contributed by atoms with E-state index in [1.165, 1.54) is 16.9 Å². The van der Waals surface area contributed by atoms with E-state index >= 15 is 0 Å². The van der Waals surface area contributed by atoms with Gasteiger partial charge in [0.15, 0.2) is 5.78 Å². The molecule has 23 heavy (non-hydrogen) atoms. The van der Waals surface area contributed by atoms with Crippen molar-refractivity contribution in [2.45, 2.75) is 45.6 Å². The van der Waals surface area contributed by atoms with Crippen molar-refractivity contribution in [3.63, 3.8) is 0 Å². The van der Waals surface area contributed by atoms with Gasteiger partial charge in [-0.3, -0.25) is 9.59 Å². The number of aryl methyl sites for hydroxylation is 2. The third-order valence-corrected chi connectivity index (χ3v) is 5.10. The molecule has 3 rings (SSSR count). The molecular weight excluding hydrogens is 308 g/mol. The molecule has 2 heterocycles. The van der Waals surface area contributed by atoms with E-state index in [1.54, 1.807) is 0 Å². The zero-order chi connectivity index (χ0) is 16.8. The number of hydrogen-bond acceptors (Lipinski definition) is 4. The van der Waals surface area contributed by atoms with E-state index < -0.39 is 11.5 Å². The highest BCUT2D eigenvalue weighted by Crippen LogP contribution is 2.35. The maximum absolute atomic E-state index is 12.5. The molecule has 1 saturated heterocycles. The summed E-state index contributed by atoms with van der Waals surface area (Å²) >= 11 is 1.53. The van der Waals surface area contributed by atoms with Crippen LogP contribution in [-0.2, 0) is 9.59 Å². The molecule has 5 heteroatoms. The first-order valence-corrected chi connectivity index (χ1v) is 8.47. The van der Waals surface area contributed by atoms with Gasteiger partial charge in [0.25, 0.3) is 0 Å². The quantitative estimate of drug-likeness (QED) is 0.860. The number of thiazole rings is 1. The number of piperidine rings is 1. The van der Waals surface area contributed by atoms with Crippen LogP contribution in [0.4, 0.5) is 0 Å². The van der Waals surface area contributed by atoms with Crippen molar-refractivity contribution in [3.05, 3.63) is 40.4 Å². The van der Waals surface area contributed by atoms with Crippen LogP contribution >= 0.6 is 11.3 Å². The van der Waals surface area contributed by atoms with Gasteiger partial charge in [-0.2, -0.15) is 0 Å². The average Bonchev–Trinajstić information content (AvgIpc) is 2.79. The Morgan fingerprint density at radius 1 is 1.17 bits per heavy atom. The first-order chi connectivity index (χ1) is 10.8. The first-order valence-electron chi connectivity index (χ1n) is 7.66. The van der Waals surface area contributed by atoms with Crippen molar-refractivity contribution < 1.29 is 9.59 Å². The van der Waals surface area contributed by atoms with Crippen LogP contribution in [0, 0.1) is 13.8 Å². The van der Waals surface area contributed by atoms with Crippen molar-refractivity contribution in [2.75, 3.05) is 0 Å². The van der Waals surface area contributed by atoms with Crippen molar-refractivity contribution >= 4 is 23.0 Å². The van der Waals surface area contributed by atoms with E-state index in [4.69, 9.17) is 0 Å². The number of aromatic nitrogens is 1. The molecule has 1 unspecified atom stereocenters. The van der Waals surface area contributed by atoms with Crippen LogP contribution in [0.3, 0.4) is 0 Å². The minimum Gasteiger partial charge on any atom is -0.350 e. The van der Waals surface area contributed by atoms with Gasteiger partial charge >= 0.3 is 0 Å². The molecule has 1 aromatic heterocycles. The molecule has 0 spiro atoms. The molecule has 1 aromatic carbocycles. The minimum atomic E-state index is -0.779. The summed E-state index contributed by atoms with van der Waals surface area (Å²) in [5, 5.41) is 3.77. The fraction of sp³-hybridized carbons (Fsp3) is 0.389. The molecule has 0 radical (unpaired) electrons. The monoisotopic (exact) mass is 328 g/mol. The first kappa shape index (κ1) is 15.9. The van der Waals surface area contributed by atoms with E-state index in [0.29, 0.717) is 12.1 Å². The molecule has 120 valence electrons. The third-order valence-electron chi connectivity index (χ3n) is 4.07. The normalized spacial score (nSPS) is 20.4. The van der Waals surface area contributed by atoms with Crippen LogP contribution in [0.25, 0.3) is 10.6 Å². The highest BCUT2D eigenvalue weighted by atomic mass is 32.1. The van der Waals surface area contributed by atoms with E-state index in [0.717, 1.165) is 15.4 Å². The highest BCUT2D eigenvalue weighted by molar-refractivity contribution is 7.15. The number of hydrogen-bond donors (Lipinski definition) is 1. The lowest BCUT2D eigenvalue weighted by molar-refractivity contribution is -0.136. The Morgan fingerprint density at radius 3 is 2.43 bits per heavy atom. The lowest BCUT2D eigenvalue weighted by Crippen LogP contribution is -2.54. The molecule has 0 aliphatic carbocycles. The highest BCUT2D eigenvalue weighted by Gasteiger charge is 2.42. The predicted molar refractivity (Wildman–Crippen MR) is 91.6 cm³/mol. The largest absolute Gasteiger partial charge is 0.350 e. The maximum Gasteiger partial charge on any atom is 0.237 e. The van der Waals surface area contributed by atoms with Gasteiger partial charge in [-0.15, -0.1) is 11.3 Å². The van der Waals surface area contributed by atoms with Gasteiger partial charge in [-0.1, -0.05) is 29.8 Å². The molecule has 1 aliphatic rings. The summed E-state index contributed by atoms with van der Waals surface area (Å²) in [7, 11) is 0. The molecule has 1 amide bonds. The number of rotatable bonds is 2. The van der Waals surface area contributed by atoms with Crippen LogP contribution in [0.2, 0.25) is 0 Å². The Hall–Kier alpha value is -2.01. The topological polar surface area (TPSA) is 59.1 Å². The summed E-state index contributed by atoms with van der Waals surface area (Å²) in [6.07, 6.45) is 0.334. The molecular formula is C18H20N2O2S. The second-order valence-corrected chi connectivity index (χ2v) is 7.98. The molecule has 1 atom stereocenters. The molecule has 4 nitrogen and oxygen atoms in total. The molecule has 2 aromatic rings. The number of benzene rings is 1. The average molecular weight is 328 g/mol. The summed E-state index contributed by atoms with van der Waals surface area (Å²) in [5.41, 5.74) is 2.32. The van der Waals surface area contributed by atoms with Crippen LogP contribution in [-0.4, -0.2) is 22.2 Å². The molecule has 0 bridgehead atoms. The minimum absolute atomic E-state index is 0.0531. The SMILES string of the molecule is Cc1ccc(-c2nc(C3C(=O)CC(C)(C)NC3=O)c(C)s2)cc1. The Kier molecular flexibility index (Phi) is 3.84. The Morgan fingerprint density at radius 2 is 1.83 bits per heavy atom. The third kappa shape index (κ3) is 3.06. The smallest absolute Gasteiger partial charge is 0.237 e. The molecule has 0 saturated carbocycles. The van der Waals surface area contributed by atoms with E-state index in [1.807, 2.05) is 52.0 Å². The number of carbonyl (C=O) groups excluding carboxylic acids is 2. The van der Waals surface area contributed by atoms with E-state index in [-0.39, 0.29) is 11.7 Å². The Labute approximate surface area is 140 Å². The van der Waals surface area contributed by atoms with Gasteiger partial charge in [0.05, 0.1) is 5.69 Å². The number of carbonyl (C=O) groups is 2. The van der Waals surface area contributed by atoms with Crippen LogP contribution in [0.15, 0.2) is 24.3 Å². The van der Waals surface area contributed by atoms with Gasteiger partial charge in [0.2, 0.25) is 5.91 Å². The number of amides is 1. The van der Waals surface area contributed by atoms with Gasteiger partial charge in [-0.25, -0.2) is 4.98 Å². The van der Waals surface area contributed by atoms with E-state index in [2.05, 4.69) is 10.3 Å². The predicted octanol–water partition coefficient (Wildman–Crippen LogP) is 3.38. The summed E-state index contributed by atoms with van der Waals surface area (Å²) in [6, 6.07) is 8.10. The summed E-state index contributed by atoms with van der Waals surface area (Å²) in [5.74, 6) is -1.07. The van der Waals surface area contributed by atoms with Crippen LogP contribution < -0.4 is 5.32 Å². The Balaban J connectivity index is 1.97. The van der Waals surface area contributed by atoms with Crippen molar-refractivity contribution in [1.29, 1.82) is 0 Å². The van der Waals surface area contributed by atoms with Gasteiger partial charge in [-0.05, 0) is 27.7 Å². The standard InChI is InChI=1S/C18H20N2O2S/c1-10-5-7-12(8-6-10)17-19-15(11(2)23-17)14-13(21)9-18(3,4)20-16(14)22/h5-8,14H,9H2,1-4H3,(H,20,22). The van der Waals surface area contributed by atoms with Crippen LogP contribution in [0.5, 0.6) is 0 Å². The second kappa shape index (κ2) is 5.57. The number of nitrogens with zero attached hydrogens (tertiary/aromatic N) is 1. The maximum atomic E-state index is 12.5. The molecule has 1 N–H and O–H groups in total. The van der Waals surface area contributed by atoms with Gasteiger partial charge in [0, 0.05) is 22.4 Å². The zero-order valence-corrected chi connectivity index (χ0v) is 14.6. The summed E-state index contributed by atoms with van der Waals surface area (Å²) in [4.78, 5) is 30.4. The lowest BCUT2D eigenvalue weighted by Gasteiger charge is -2.33. The van der Waals surface area contributed by atoms with Gasteiger partial charge < -0.3 is 5.32 Å². The summed E-state index contributed by atoms with van der Waals surface area (Å²) in [6.45, 7) is 7.69. The fourth-order valence-electron chi connectivity index (χ4n) is 2.91. The van der Waals surface area contributed by atoms with Gasteiger partial charge in [0.1, 0.15) is 10.9 Å². The van der Waals surface area contributed by atoms with Crippen LogP contribution in [0.1, 0.15) is 42.3 Å².